The Morgan fingerprint density at radius 3 is 2.35 bits per heavy atom. The lowest BCUT2D eigenvalue weighted by molar-refractivity contribution is -0.123. The summed E-state index contributed by atoms with van der Waals surface area (Å²) < 4.78 is 0. The highest BCUT2D eigenvalue weighted by Crippen LogP contribution is 2.10. The van der Waals surface area contributed by atoms with E-state index in [-0.39, 0.29) is 0 Å². The van der Waals surface area contributed by atoms with Gasteiger partial charge in [-0.1, -0.05) is 18.2 Å². The smallest absolute Gasteiger partial charge is 0.249 e. The topological polar surface area (TPSA) is 98.2 Å². The van der Waals surface area contributed by atoms with Crippen molar-refractivity contribution >= 4 is 11.8 Å². The summed E-state index contributed by atoms with van der Waals surface area (Å²) in [6.45, 7) is 3.72. The zero-order valence-corrected chi connectivity index (χ0v) is 9.99. The molecule has 0 radical (unpaired) electrons. The van der Waals surface area contributed by atoms with E-state index >= 15 is 0 Å². The van der Waals surface area contributed by atoms with E-state index in [4.69, 9.17) is 11.5 Å². The molecule has 0 aliphatic rings. The third-order valence-corrected chi connectivity index (χ3v) is 2.62. The minimum absolute atomic E-state index is 0.356. The highest BCUT2D eigenvalue weighted by molar-refractivity contribution is 5.94. The van der Waals surface area contributed by atoms with Gasteiger partial charge in [-0.25, -0.2) is 0 Å². The van der Waals surface area contributed by atoms with Crippen LogP contribution in [0.1, 0.15) is 29.8 Å². The average Bonchev–Trinajstić information content (AvgIpc) is 2.26. The molecule has 1 aromatic carbocycles. The van der Waals surface area contributed by atoms with Crippen molar-refractivity contribution in [1.82, 2.24) is 5.32 Å². The van der Waals surface area contributed by atoms with Crippen molar-refractivity contribution in [3.8, 4) is 0 Å². The maximum atomic E-state index is 11.2. The third-order valence-electron chi connectivity index (χ3n) is 2.62. The maximum Gasteiger partial charge on any atom is 0.249 e. The molecule has 5 heteroatoms. The third kappa shape index (κ3) is 3.29. The van der Waals surface area contributed by atoms with Crippen molar-refractivity contribution in [3.63, 3.8) is 0 Å². The van der Waals surface area contributed by atoms with Gasteiger partial charge in [0.1, 0.15) is 0 Å². The van der Waals surface area contributed by atoms with E-state index in [9.17, 15) is 9.59 Å². The van der Waals surface area contributed by atoms with Crippen molar-refractivity contribution < 1.29 is 9.59 Å². The molecule has 0 spiro atoms. The van der Waals surface area contributed by atoms with Crippen LogP contribution in [0.4, 0.5) is 0 Å². The SMILES string of the molecule is CC(C)(NCc1ccccc1C(N)=O)C(N)=O. The van der Waals surface area contributed by atoms with Crippen LogP contribution < -0.4 is 16.8 Å². The lowest BCUT2D eigenvalue weighted by atomic mass is 10.0. The van der Waals surface area contributed by atoms with E-state index in [1.54, 1.807) is 38.1 Å². The molecule has 0 atom stereocenters. The molecule has 92 valence electrons. The summed E-state index contributed by atoms with van der Waals surface area (Å²) >= 11 is 0. The standard InChI is InChI=1S/C12H17N3O2/c1-12(2,11(14)17)15-7-8-5-3-4-6-9(8)10(13)16/h3-6,15H,7H2,1-2H3,(H2,13,16)(H2,14,17). The molecule has 1 rings (SSSR count). The average molecular weight is 235 g/mol. The molecule has 0 aromatic heterocycles. The van der Waals surface area contributed by atoms with E-state index in [0.29, 0.717) is 12.1 Å². The van der Waals surface area contributed by atoms with Crippen LogP contribution in [-0.2, 0) is 11.3 Å². The molecular weight excluding hydrogens is 218 g/mol. The predicted octanol–water partition coefficient (Wildman–Crippen LogP) is 0.139. The Balaban J connectivity index is 2.83. The van der Waals surface area contributed by atoms with Gasteiger partial charge in [0.15, 0.2) is 0 Å². The monoisotopic (exact) mass is 235 g/mol. The zero-order chi connectivity index (χ0) is 13.1. The first-order valence-electron chi connectivity index (χ1n) is 5.27. The Morgan fingerprint density at radius 2 is 1.82 bits per heavy atom. The van der Waals surface area contributed by atoms with Crippen molar-refractivity contribution in [2.45, 2.75) is 25.9 Å². The number of rotatable bonds is 5. The number of amides is 2. The van der Waals surface area contributed by atoms with Crippen molar-refractivity contribution in [2.75, 3.05) is 0 Å². The van der Waals surface area contributed by atoms with Gasteiger partial charge in [-0.2, -0.15) is 0 Å². The predicted molar refractivity (Wildman–Crippen MR) is 65.1 cm³/mol. The Kier molecular flexibility index (Phi) is 3.85. The Labute approximate surface area is 100 Å². The second-order valence-electron chi connectivity index (χ2n) is 4.36. The van der Waals surface area contributed by atoms with Gasteiger partial charge < -0.3 is 11.5 Å². The zero-order valence-electron chi connectivity index (χ0n) is 9.99. The number of nitrogens with two attached hydrogens (primary N) is 2. The van der Waals surface area contributed by atoms with Crippen LogP contribution in [0.15, 0.2) is 24.3 Å². The van der Waals surface area contributed by atoms with Crippen LogP contribution in [0.3, 0.4) is 0 Å². The van der Waals surface area contributed by atoms with Crippen LogP contribution in [0, 0.1) is 0 Å². The van der Waals surface area contributed by atoms with E-state index in [0.717, 1.165) is 5.56 Å². The van der Waals surface area contributed by atoms with Gasteiger partial charge in [-0.15, -0.1) is 0 Å². The second-order valence-corrected chi connectivity index (χ2v) is 4.36. The number of nitrogens with one attached hydrogen (secondary N) is 1. The molecule has 0 bridgehead atoms. The molecule has 0 fully saturated rings. The molecule has 0 saturated heterocycles. The van der Waals surface area contributed by atoms with E-state index < -0.39 is 17.4 Å². The molecule has 5 nitrogen and oxygen atoms in total. The Bertz CT molecular complexity index is 441. The van der Waals surface area contributed by atoms with Crippen LogP contribution in [-0.4, -0.2) is 17.4 Å². The molecular formula is C12H17N3O2. The molecule has 1 aromatic rings. The summed E-state index contributed by atoms with van der Waals surface area (Å²) in [5.74, 6) is -0.937. The van der Waals surface area contributed by atoms with Crippen LogP contribution in [0.5, 0.6) is 0 Å². The molecule has 0 saturated carbocycles. The second kappa shape index (κ2) is 4.97. The Morgan fingerprint density at radius 1 is 1.24 bits per heavy atom. The summed E-state index contributed by atoms with van der Waals surface area (Å²) in [5, 5.41) is 2.99. The quantitative estimate of drug-likeness (QED) is 0.677. The molecule has 0 unspecified atom stereocenters. The van der Waals surface area contributed by atoms with Crippen molar-refractivity contribution in [1.29, 1.82) is 0 Å². The minimum atomic E-state index is -0.829. The van der Waals surface area contributed by atoms with E-state index in [1.165, 1.54) is 0 Å². The fraction of sp³-hybridized carbons (Fsp3) is 0.333. The largest absolute Gasteiger partial charge is 0.368 e. The number of hydrogen-bond acceptors (Lipinski definition) is 3. The Hall–Kier alpha value is -1.88. The number of carbonyl (C=O) groups is 2. The van der Waals surface area contributed by atoms with E-state index in [1.807, 2.05) is 0 Å². The maximum absolute atomic E-state index is 11.2. The molecule has 5 N–H and O–H groups in total. The van der Waals surface area contributed by atoms with Crippen LogP contribution >= 0.6 is 0 Å². The van der Waals surface area contributed by atoms with Gasteiger partial charge in [0.25, 0.3) is 0 Å². The normalized spacial score (nSPS) is 11.2. The summed E-state index contributed by atoms with van der Waals surface area (Å²) in [7, 11) is 0. The summed E-state index contributed by atoms with van der Waals surface area (Å²) in [4.78, 5) is 22.3. The summed E-state index contributed by atoms with van der Waals surface area (Å²) in [6, 6.07) is 6.98. The first-order valence-corrected chi connectivity index (χ1v) is 5.27. The molecule has 0 aliphatic carbocycles. The lowest BCUT2D eigenvalue weighted by Crippen LogP contribution is -2.50. The number of carbonyl (C=O) groups excluding carboxylic acids is 2. The van der Waals surface area contributed by atoms with Gasteiger partial charge in [0, 0.05) is 12.1 Å². The van der Waals surface area contributed by atoms with E-state index in [2.05, 4.69) is 5.32 Å². The summed E-state index contributed by atoms with van der Waals surface area (Å²) in [6.07, 6.45) is 0. The number of benzene rings is 1. The first-order chi connectivity index (χ1) is 7.84. The highest BCUT2D eigenvalue weighted by Gasteiger charge is 2.24. The molecule has 0 aliphatic heterocycles. The molecule has 2 amide bonds. The van der Waals surface area contributed by atoms with Gasteiger partial charge in [0.05, 0.1) is 5.54 Å². The fourth-order valence-electron chi connectivity index (χ4n) is 1.32. The summed E-state index contributed by atoms with van der Waals surface area (Å²) in [5.41, 5.74) is 10.9. The molecule has 17 heavy (non-hydrogen) atoms. The van der Waals surface area contributed by atoms with Gasteiger partial charge in [-0.3, -0.25) is 14.9 Å². The fourth-order valence-corrected chi connectivity index (χ4v) is 1.32. The van der Waals surface area contributed by atoms with Crippen LogP contribution in [0.25, 0.3) is 0 Å². The first kappa shape index (κ1) is 13.2. The van der Waals surface area contributed by atoms with Gasteiger partial charge in [0.2, 0.25) is 11.8 Å². The number of primary amides is 2. The van der Waals surface area contributed by atoms with Crippen LogP contribution in [0.2, 0.25) is 0 Å². The van der Waals surface area contributed by atoms with Gasteiger partial charge >= 0.3 is 0 Å². The van der Waals surface area contributed by atoms with Gasteiger partial charge in [-0.05, 0) is 25.5 Å². The van der Waals surface area contributed by atoms with Crippen molar-refractivity contribution in [3.05, 3.63) is 35.4 Å². The highest BCUT2D eigenvalue weighted by atomic mass is 16.1. The van der Waals surface area contributed by atoms with Crippen molar-refractivity contribution in [2.24, 2.45) is 11.5 Å². The number of hydrogen-bond donors (Lipinski definition) is 3. The minimum Gasteiger partial charge on any atom is -0.368 e. The molecule has 0 heterocycles. The lowest BCUT2D eigenvalue weighted by Gasteiger charge is -2.22.